The Bertz CT molecular complexity index is 830. The van der Waals surface area contributed by atoms with Gasteiger partial charge in [0.2, 0.25) is 0 Å². The minimum atomic E-state index is -0.747. The van der Waals surface area contributed by atoms with Crippen molar-refractivity contribution >= 4 is 33.4 Å². The van der Waals surface area contributed by atoms with Gasteiger partial charge in [0, 0.05) is 16.6 Å². The maximum absolute atomic E-state index is 12.6. The van der Waals surface area contributed by atoms with Gasteiger partial charge in [-0.3, -0.25) is 9.59 Å². The lowest BCUT2D eigenvalue weighted by molar-refractivity contribution is -0.140. The van der Waals surface area contributed by atoms with Crippen molar-refractivity contribution in [3.63, 3.8) is 0 Å². The van der Waals surface area contributed by atoms with E-state index < -0.39 is 17.7 Å². The number of β-amino-alcohol motifs (C(OH)–C–C–N with tert-alkyl or cyclic N) is 1. The lowest BCUT2D eigenvalue weighted by atomic mass is 9.95. The van der Waals surface area contributed by atoms with Gasteiger partial charge in [0.1, 0.15) is 5.76 Å². The summed E-state index contributed by atoms with van der Waals surface area (Å²) in [5.41, 5.74) is 1.19. The van der Waals surface area contributed by atoms with Crippen LogP contribution in [0.5, 0.6) is 0 Å². The molecule has 128 valence electrons. The SMILES string of the molecule is O=C1C(=O)N(CCO)[C@H](c2ccc(Br)cc2)C1=C(O)c1ccccc1. The number of carbonyl (C=O) groups is 2. The average Bonchev–Trinajstić information content (AvgIpc) is 2.88. The van der Waals surface area contributed by atoms with Gasteiger partial charge in [-0.2, -0.15) is 0 Å². The lowest BCUT2D eigenvalue weighted by Gasteiger charge is -2.24. The maximum atomic E-state index is 12.6. The van der Waals surface area contributed by atoms with Crippen molar-refractivity contribution < 1.29 is 19.8 Å². The predicted octanol–water partition coefficient (Wildman–Crippen LogP) is 2.86. The monoisotopic (exact) mass is 401 g/mol. The minimum Gasteiger partial charge on any atom is -0.507 e. The molecule has 1 heterocycles. The van der Waals surface area contributed by atoms with Crippen molar-refractivity contribution in [3.8, 4) is 0 Å². The zero-order chi connectivity index (χ0) is 18.0. The van der Waals surface area contributed by atoms with Crippen LogP contribution in [-0.4, -0.2) is 40.0 Å². The number of ketones is 1. The van der Waals surface area contributed by atoms with Crippen molar-refractivity contribution in [2.75, 3.05) is 13.2 Å². The third-order valence-electron chi connectivity index (χ3n) is 4.11. The second-order valence-corrected chi connectivity index (χ2v) is 6.55. The molecule has 0 spiro atoms. The first kappa shape index (κ1) is 17.4. The van der Waals surface area contributed by atoms with E-state index in [0.717, 1.165) is 4.47 Å². The highest BCUT2D eigenvalue weighted by atomic mass is 79.9. The Kier molecular flexibility index (Phi) is 5.01. The average molecular weight is 402 g/mol. The normalized spacial score (nSPS) is 19.4. The van der Waals surface area contributed by atoms with Crippen LogP contribution in [0.4, 0.5) is 0 Å². The van der Waals surface area contributed by atoms with Crippen LogP contribution in [0.2, 0.25) is 0 Å². The Morgan fingerprint density at radius 1 is 1.04 bits per heavy atom. The van der Waals surface area contributed by atoms with Crippen molar-refractivity contribution in [3.05, 3.63) is 75.8 Å². The first-order valence-corrected chi connectivity index (χ1v) is 8.54. The second kappa shape index (κ2) is 7.21. The molecular weight excluding hydrogens is 386 g/mol. The molecule has 1 aliphatic heterocycles. The molecule has 2 N–H and O–H groups in total. The van der Waals surface area contributed by atoms with Crippen LogP contribution in [0.15, 0.2) is 64.6 Å². The van der Waals surface area contributed by atoms with E-state index in [4.69, 9.17) is 0 Å². The van der Waals surface area contributed by atoms with Gasteiger partial charge in [-0.15, -0.1) is 0 Å². The molecule has 0 unspecified atom stereocenters. The molecule has 1 amide bonds. The summed E-state index contributed by atoms with van der Waals surface area (Å²) in [6, 6.07) is 15.1. The molecule has 6 heteroatoms. The van der Waals surface area contributed by atoms with Gasteiger partial charge in [0.25, 0.3) is 11.7 Å². The summed E-state index contributed by atoms with van der Waals surface area (Å²) in [7, 11) is 0. The molecule has 5 nitrogen and oxygen atoms in total. The number of rotatable bonds is 4. The number of hydrogen-bond donors (Lipinski definition) is 2. The van der Waals surface area contributed by atoms with Crippen LogP contribution in [-0.2, 0) is 9.59 Å². The minimum absolute atomic E-state index is 0.0108. The molecule has 25 heavy (non-hydrogen) atoms. The quantitative estimate of drug-likeness (QED) is 0.469. The molecular formula is C19H16BrNO4. The lowest BCUT2D eigenvalue weighted by Crippen LogP contribution is -2.32. The predicted molar refractivity (Wildman–Crippen MR) is 96.7 cm³/mol. The first-order chi connectivity index (χ1) is 12.0. The Labute approximate surface area is 153 Å². The number of hydrogen-bond acceptors (Lipinski definition) is 4. The summed E-state index contributed by atoms with van der Waals surface area (Å²) < 4.78 is 0.860. The largest absolute Gasteiger partial charge is 0.507 e. The van der Waals surface area contributed by atoms with Crippen LogP contribution >= 0.6 is 15.9 Å². The van der Waals surface area contributed by atoms with E-state index >= 15 is 0 Å². The highest BCUT2D eigenvalue weighted by Gasteiger charge is 2.45. The number of aliphatic hydroxyl groups is 2. The van der Waals surface area contributed by atoms with E-state index in [0.29, 0.717) is 11.1 Å². The Hall–Kier alpha value is -2.44. The van der Waals surface area contributed by atoms with Gasteiger partial charge >= 0.3 is 0 Å². The van der Waals surface area contributed by atoms with E-state index in [1.54, 1.807) is 54.6 Å². The van der Waals surface area contributed by atoms with E-state index in [2.05, 4.69) is 15.9 Å². The van der Waals surface area contributed by atoms with Crippen LogP contribution in [0, 0.1) is 0 Å². The van der Waals surface area contributed by atoms with Crippen molar-refractivity contribution in [1.82, 2.24) is 4.90 Å². The summed E-state index contributed by atoms with van der Waals surface area (Å²) in [6.07, 6.45) is 0. The van der Waals surface area contributed by atoms with Gasteiger partial charge in [0.15, 0.2) is 0 Å². The molecule has 0 saturated carbocycles. The molecule has 1 atom stereocenters. The summed E-state index contributed by atoms with van der Waals surface area (Å²) in [6.45, 7) is -0.262. The third kappa shape index (κ3) is 3.23. The highest BCUT2D eigenvalue weighted by Crippen LogP contribution is 2.39. The second-order valence-electron chi connectivity index (χ2n) is 5.63. The first-order valence-electron chi connectivity index (χ1n) is 7.74. The fourth-order valence-electron chi connectivity index (χ4n) is 2.96. The number of aliphatic hydroxyl groups excluding tert-OH is 2. The number of likely N-dealkylation sites (tertiary alicyclic amines) is 1. The van der Waals surface area contributed by atoms with Crippen LogP contribution in [0.25, 0.3) is 5.76 Å². The van der Waals surface area contributed by atoms with Gasteiger partial charge in [-0.25, -0.2) is 0 Å². The zero-order valence-electron chi connectivity index (χ0n) is 13.2. The molecule has 3 rings (SSSR count). The number of Topliss-reactive ketones (excluding diaryl/α,β-unsaturated/α-hetero) is 1. The van der Waals surface area contributed by atoms with Gasteiger partial charge in [-0.1, -0.05) is 58.4 Å². The molecule has 0 aliphatic carbocycles. The highest BCUT2D eigenvalue weighted by molar-refractivity contribution is 9.10. The van der Waals surface area contributed by atoms with Crippen molar-refractivity contribution in [1.29, 1.82) is 0 Å². The Morgan fingerprint density at radius 2 is 1.68 bits per heavy atom. The van der Waals surface area contributed by atoms with E-state index in [-0.39, 0.29) is 24.5 Å². The van der Waals surface area contributed by atoms with Crippen LogP contribution in [0.1, 0.15) is 17.2 Å². The van der Waals surface area contributed by atoms with E-state index in [1.165, 1.54) is 4.90 Å². The molecule has 2 aromatic rings. The summed E-state index contributed by atoms with van der Waals surface area (Å²) in [5.74, 6) is -1.69. The summed E-state index contributed by atoms with van der Waals surface area (Å²) in [5, 5.41) is 20.0. The number of amides is 1. The third-order valence-corrected chi connectivity index (χ3v) is 4.64. The van der Waals surface area contributed by atoms with Gasteiger partial charge in [0.05, 0.1) is 18.2 Å². The summed E-state index contributed by atoms with van der Waals surface area (Å²) in [4.78, 5) is 26.3. The molecule has 1 saturated heterocycles. The zero-order valence-corrected chi connectivity index (χ0v) is 14.8. The standard InChI is InChI=1S/C19H16BrNO4/c20-14-8-6-12(7-9-14)16-15(17(23)13-4-2-1-3-5-13)18(24)19(25)21(16)10-11-22/h1-9,16,22-23H,10-11H2/t16-/m1/s1. The molecule has 1 fully saturated rings. The molecule has 0 radical (unpaired) electrons. The van der Waals surface area contributed by atoms with Crippen molar-refractivity contribution in [2.24, 2.45) is 0 Å². The molecule has 2 aromatic carbocycles. The molecule has 1 aliphatic rings. The van der Waals surface area contributed by atoms with Gasteiger partial charge in [-0.05, 0) is 17.7 Å². The van der Waals surface area contributed by atoms with Crippen LogP contribution < -0.4 is 0 Å². The fourth-order valence-corrected chi connectivity index (χ4v) is 3.23. The molecule has 0 bridgehead atoms. The van der Waals surface area contributed by atoms with E-state index in [9.17, 15) is 19.8 Å². The smallest absolute Gasteiger partial charge is 0.295 e. The maximum Gasteiger partial charge on any atom is 0.295 e. The van der Waals surface area contributed by atoms with E-state index in [1.807, 2.05) is 0 Å². The Morgan fingerprint density at radius 3 is 2.28 bits per heavy atom. The van der Waals surface area contributed by atoms with Crippen LogP contribution in [0.3, 0.4) is 0 Å². The fraction of sp³-hybridized carbons (Fsp3) is 0.158. The van der Waals surface area contributed by atoms with Crippen molar-refractivity contribution in [2.45, 2.75) is 6.04 Å². The topological polar surface area (TPSA) is 77.8 Å². The number of halogens is 1. The Balaban J connectivity index is 2.18. The number of carbonyl (C=O) groups excluding carboxylic acids is 2. The van der Waals surface area contributed by atoms with Gasteiger partial charge < -0.3 is 15.1 Å². The number of benzene rings is 2. The summed E-state index contributed by atoms with van der Waals surface area (Å²) >= 11 is 3.36. The number of nitrogens with zero attached hydrogens (tertiary/aromatic N) is 1. The molecule has 0 aromatic heterocycles.